The predicted octanol–water partition coefficient (Wildman–Crippen LogP) is 0.355. The van der Waals surface area contributed by atoms with E-state index in [0.29, 0.717) is 19.8 Å². The number of carbonyl (C=O) groups excluding carboxylic acids is 1. The van der Waals surface area contributed by atoms with Gasteiger partial charge in [0.2, 0.25) is 0 Å². The summed E-state index contributed by atoms with van der Waals surface area (Å²) in [5.41, 5.74) is -0.507. The summed E-state index contributed by atoms with van der Waals surface area (Å²) in [6.45, 7) is 1.77. The van der Waals surface area contributed by atoms with Crippen molar-refractivity contribution in [3.8, 4) is 0 Å². The third kappa shape index (κ3) is 1.25. The van der Waals surface area contributed by atoms with Crippen molar-refractivity contribution >= 4 is 5.97 Å². The van der Waals surface area contributed by atoms with Gasteiger partial charge >= 0.3 is 5.97 Å². The average Bonchev–Trinajstić information content (AvgIpc) is 2.61. The zero-order valence-corrected chi connectivity index (χ0v) is 7.75. The van der Waals surface area contributed by atoms with Crippen molar-refractivity contribution in [2.75, 3.05) is 26.9 Å². The summed E-state index contributed by atoms with van der Waals surface area (Å²) in [6.07, 6.45) is 1.54. The van der Waals surface area contributed by atoms with E-state index in [0.717, 1.165) is 12.8 Å². The molecule has 0 bridgehead atoms. The average molecular weight is 186 g/mol. The molecular formula is C9H14O4. The van der Waals surface area contributed by atoms with Crippen molar-refractivity contribution in [3.05, 3.63) is 0 Å². The number of methoxy groups -OCH3 is 1. The van der Waals surface area contributed by atoms with Crippen molar-refractivity contribution in [2.45, 2.75) is 18.9 Å². The van der Waals surface area contributed by atoms with Crippen LogP contribution in [0.4, 0.5) is 0 Å². The third-order valence-electron chi connectivity index (χ3n) is 2.96. The Balaban J connectivity index is 2.20. The summed E-state index contributed by atoms with van der Waals surface area (Å²) in [5.74, 6) is -0.185. The summed E-state index contributed by atoms with van der Waals surface area (Å²) in [7, 11) is 1.42. The zero-order valence-electron chi connectivity index (χ0n) is 7.75. The van der Waals surface area contributed by atoms with Crippen molar-refractivity contribution in [2.24, 2.45) is 5.41 Å². The molecular weight excluding hydrogens is 172 g/mol. The molecule has 2 saturated heterocycles. The maximum absolute atomic E-state index is 11.6. The van der Waals surface area contributed by atoms with E-state index in [1.165, 1.54) is 7.11 Å². The molecule has 2 aliphatic heterocycles. The summed E-state index contributed by atoms with van der Waals surface area (Å²) < 4.78 is 15.6. The Morgan fingerprint density at radius 2 is 2.38 bits per heavy atom. The fourth-order valence-corrected chi connectivity index (χ4v) is 2.17. The van der Waals surface area contributed by atoms with Gasteiger partial charge in [-0.05, 0) is 12.8 Å². The van der Waals surface area contributed by atoms with E-state index >= 15 is 0 Å². The van der Waals surface area contributed by atoms with Crippen LogP contribution in [0, 0.1) is 5.41 Å². The lowest BCUT2D eigenvalue weighted by Crippen LogP contribution is -2.47. The first kappa shape index (κ1) is 8.97. The molecule has 2 fully saturated rings. The monoisotopic (exact) mass is 186 g/mol. The van der Waals surface area contributed by atoms with Crippen LogP contribution in [0.3, 0.4) is 0 Å². The highest BCUT2D eigenvalue weighted by Gasteiger charge is 2.53. The molecule has 4 nitrogen and oxygen atoms in total. The first-order chi connectivity index (χ1) is 6.29. The smallest absolute Gasteiger partial charge is 0.316 e. The van der Waals surface area contributed by atoms with Crippen LogP contribution in [-0.2, 0) is 19.0 Å². The molecule has 0 aromatic rings. The molecule has 0 saturated carbocycles. The Hall–Kier alpha value is -0.610. The van der Waals surface area contributed by atoms with Crippen LogP contribution in [0.2, 0.25) is 0 Å². The van der Waals surface area contributed by atoms with E-state index in [9.17, 15) is 4.79 Å². The van der Waals surface area contributed by atoms with E-state index in [-0.39, 0.29) is 12.1 Å². The number of fused-ring (bicyclic) bond motifs is 1. The van der Waals surface area contributed by atoms with E-state index in [4.69, 9.17) is 14.2 Å². The van der Waals surface area contributed by atoms with Gasteiger partial charge in [0.05, 0.1) is 19.8 Å². The van der Waals surface area contributed by atoms with Crippen LogP contribution in [0.5, 0.6) is 0 Å². The zero-order chi connectivity index (χ0) is 9.31. The van der Waals surface area contributed by atoms with Crippen LogP contribution in [-0.4, -0.2) is 39.0 Å². The molecule has 0 aromatic carbocycles. The highest BCUT2D eigenvalue weighted by Crippen LogP contribution is 2.40. The number of carbonyl (C=O) groups is 1. The second-order valence-electron chi connectivity index (χ2n) is 3.60. The molecule has 2 heterocycles. The van der Waals surface area contributed by atoms with Gasteiger partial charge in [-0.3, -0.25) is 4.79 Å². The molecule has 2 atom stereocenters. The molecule has 0 aromatic heterocycles. The fourth-order valence-electron chi connectivity index (χ4n) is 2.17. The second-order valence-corrected chi connectivity index (χ2v) is 3.60. The highest BCUT2D eigenvalue weighted by atomic mass is 16.5. The Kier molecular flexibility index (Phi) is 2.26. The van der Waals surface area contributed by atoms with Crippen molar-refractivity contribution < 1.29 is 19.0 Å². The molecule has 2 aliphatic rings. The Morgan fingerprint density at radius 1 is 1.54 bits per heavy atom. The Morgan fingerprint density at radius 3 is 3.15 bits per heavy atom. The molecule has 0 unspecified atom stereocenters. The number of rotatable bonds is 1. The summed E-state index contributed by atoms with van der Waals surface area (Å²) >= 11 is 0. The molecule has 13 heavy (non-hydrogen) atoms. The molecule has 2 rings (SSSR count). The minimum Gasteiger partial charge on any atom is -0.468 e. The summed E-state index contributed by atoms with van der Waals surface area (Å²) in [5, 5.41) is 0. The van der Waals surface area contributed by atoms with E-state index in [2.05, 4.69) is 0 Å². The third-order valence-corrected chi connectivity index (χ3v) is 2.96. The van der Waals surface area contributed by atoms with Crippen LogP contribution in [0.15, 0.2) is 0 Å². The lowest BCUT2D eigenvalue weighted by molar-refractivity contribution is -0.168. The van der Waals surface area contributed by atoms with E-state index in [1.54, 1.807) is 0 Å². The number of esters is 1. The van der Waals surface area contributed by atoms with Crippen LogP contribution in [0.25, 0.3) is 0 Å². The van der Waals surface area contributed by atoms with Gasteiger partial charge in [0, 0.05) is 13.2 Å². The van der Waals surface area contributed by atoms with Crippen LogP contribution in [0.1, 0.15) is 12.8 Å². The summed E-state index contributed by atoms with van der Waals surface area (Å²) in [4.78, 5) is 11.6. The first-order valence-corrected chi connectivity index (χ1v) is 4.57. The van der Waals surface area contributed by atoms with Gasteiger partial charge in [0.1, 0.15) is 5.41 Å². The van der Waals surface area contributed by atoms with Gasteiger partial charge in [-0.15, -0.1) is 0 Å². The minimum atomic E-state index is -0.507. The lowest BCUT2D eigenvalue weighted by atomic mass is 9.79. The highest BCUT2D eigenvalue weighted by molar-refractivity contribution is 5.78. The maximum Gasteiger partial charge on any atom is 0.316 e. The Bertz CT molecular complexity index is 216. The molecule has 0 aliphatic carbocycles. The van der Waals surface area contributed by atoms with E-state index < -0.39 is 5.41 Å². The predicted molar refractivity (Wildman–Crippen MR) is 44.2 cm³/mol. The van der Waals surface area contributed by atoms with Gasteiger partial charge < -0.3 is 14.2 Å². The standard InChI is InChI=1S/C9H14O4/c1-11-8(10)9-3-5-13-7(9)2-4-12-6-9/h7H,2-6H2,1H3/t7-,9+/m1/s1. The van der Waals surface area contributed by atoms with Gasteiger partial charge in [0.25, 0.3) is 0 Å². The van der Waals surface area contributed by atoms with Gasteiger partial charge in [-0.25, -0.2) is 0 Å². The molecule has 0 radical (unpaired) electrons. The summed E-state index contributed by atoms with van der Waals surface area (Å²) in [6, 6.07) is 0. The van der Waals surface area contributed by atoms with Crippen molar-refractivity contribution in [1.82, 2.24) is 0 Å². The molecule has 74 valence electrons. The Labute approximate surface area is 77.1 Å². The molecule has 0 spiro atoms. The number of hydrogen-bond acceptors (Lipinski definition) is 4. The fraction of sp³-hybridized carbons (Fsp3) is 0.889. The van der Waals surface area contributed by atoms with Gasteiger partial charge in [-0.2, -0.15) is 0 Å². The van der Waals surface area contributed by atoms with Crippen molar-refractivity contribution in [1.29, 1.82) is 0 Å². The van der Waals surface area contributed by atoms with Crippen molar-refractivity contribution in [3.63, 3.8) is 0 Å². The second kappa shape index (κ2) is 3.27. The number of hydrogen-bond donors (Lipinski definition) is 0. The van der Waals surface area contributed by atoms with Crippen LogP contribution >= 0.6 is 0 Å². The topological polar surface area (TPSA) is 44.8 Å². The lowest BCUT2D eigenvalue weighted by Gasteiger charge is -2.34. The minimum absolute atomic E-state index is 0.00806. The quantitative estimate of drug-likeness (QED) is 0.554. The molecule has 0 amide bonds. The molecule has 0 N–H and O–H groups in total. The first-order valence-electron chi connectivity index (χ1n) is 4.57. The normalized spacial score (nSPS) is 38.4. The van der Waals surface area contributed by atoms with Gasteiger partial charge in [0.15, 0.2) is 0 Å². The van der Waals surface area contributed by atoms with E-state index in [1.807, 2.05) is 0 Å². The number of ether oxygens (including phenoxy) is 3. The van der Waals surface area contributed by atoms with Crippen LogP contribution < -0.4 is 0 Å². The SMILES string of the molecule is COC(=O)[C@]12CCO[C@@H]1CCOC2. The maximum atomic E-state index is 11.6. The van der Waals surface area contributed by atoms with Gasteiger partial charge in [-0.1, -0.05) is 0 Å². The molecule has 4 heteroatoms. The largest absolute Gasteiger partial charge is 0.468 e.